The molecule has 110 valence electrons. The molecule has 4 heteroatoms. The SMILES string of the molecule is Brc1ccccc1CNC1CCN(c2ccccn2)CC1. The van der Waals surface area contributed by atoms with E-state index in [2.05, 4.69) is 67.5 Å². The number of rotatable bonds is 4. The number of hydrogen-bond donors (Lipinski definition) is 1. The number of piperidine rings is 1. The average molecular weight is 346 g/mol. The molecule has 0 unspecified atom stereocenters. The summed E-state index contributed by atoms with van der Waals surface area (Å²) in [5, 5.41) is 3.67. The summed E-state index contributed by atoms with van der Waals surface area (Å²) in [5.74, 6) is 1.10. The van der Waals surface area contributed by atoms with Crippen LogP contribution in [0.25, 0.3) is 0 Å². The van der Waals surface area contributed by atoms with Gasteiger partial charge < -0.3 is 10.2 Å². The van der Waals surface area contributed by atoms with Crippen LogP contribution in [0, 0.1) is 0 Å². The predicted octanol–water partition coefficient (Wildman–Crippen LogP) is 3.60. The normalized spacial score (nSPS) is 16.1. The van der Waals surface area contributed by atoms with Gasteiger partial charge in [0.1, 0.15) is 5.82 Å². The first-order chi connectivity index (χ1) is 10.3. The van der Waals surface area contributed by atoms with Gasteiger partial charge in [-0.2, -0.15) is 0 Å². The van der Waals surface area contributed by atoms with Crippen molar-refractivity contribution in [2.45, 2.75) is 25.4 Å². The molecule has 0 spiro atoms. The van der Waals surface area contributed by atoms with E-state index < -0.39 is 0 Å². The molecule has 0 amide bonds. The van der Waals surface area contributed by atoms with Gasteiger partial charge in [-0.25, -0.2) is 4.98 Å². The number of aromatic nitrogens is 1. The summed E-state index contributed by atoms with van der Waals surface area (Å²) in [6.07, 6.45) is 4.20. The van der Waals surface area contributed by atoms with E-state index in [4.69, 9.17) is 0 Å². The molecule has 0 saturated carbocycles. The van der Waals surface area contributed by atoms with Crippen LogP contribution < -0.4 is 10.2 Å². The Morgan fingerprint density at radius 2 is 1.86 bits per heavy atom. The minimum absolute atomic E-state index is 0.595. The van der Waals surface area contributed by atoms with Gasteiger partial charge in [0, 0.05) is 36.3 Å². The topological polar surface area (TPSA) is 28.2 Å². The Kier molecular flexibility index (Phi) is 4.88. The molecule has 0 bridgehead atoms. The molecule has 2 heterocycles. The molecule has 1 aliphatic heterocycles. The first kappa shape index (κ1) is 14.5. The molecule has 1 aromatic heterocycles. The summed E-state index contributed by atoms with van der Waals surface area (Å²) in [6.45, 7) is 3.07. The van der Waals surface area contributed by atoms with Crippen LogP contribution in [0.3, 0.4) is 0 Å². The number of hydrogen-bond acceptors (Lipinski definition) is 3. The molecule has 1 saturated heterocycles. The monoisotopic (exact) mass is 345 g/mol. The fourth-order valence-electron chi connectivity index (χ4n) is 2.75. The fraction of sp³-hybridized carbons (Fsp3) is 0.353. The van der Waals surface area contributed by atoms with Crippen LogP contribution in [0.15, 0.2) is 53.1 Å². The molecule has 21 heavy (non-hydrogen) atoms. The molecular weight excluding hydrogens is 326 g/mol. The Balaban J connectivity index is 1.49. The van der Waals surface area contributed by atoms with Crippen molar-refractivity contribution in [3.8, 4) is 0 Å². The van der Waals surface area contributed by atoms with E-state index in [1.807, 2.05) is 12.3 Å². The van der Waals surface area contributed by atoms with Gasteiger partial charge in [0.25, 0.3) is 0 Å². The lowest BCUT2D eigenvalue weighted by molar-refractivity contribution is 0.412. The summed E-state index contributed by atoms with van der Waals surface area (Å²) < 4.78 is 1.18. The Labute approximate surface area is 134 Å². The Morgan fingerprint density at radius 3 is 2.57 bits per heavy atom. The maximum atomic E-state index is 4.43. The number of nitrogens with zero attached hydrogens (tertiary/aromatic N) is 2. The van der Waals surface area contributed by atoms with Gasteiger partial charge in [-0.15, -0.1) is 0 Å². The van der Waals surface area contributed by atoms with Gasteiger partial charge in [0.15, 0.2) is 0 Å². The highest BCUT2D eigenvalue weighted by molar-refractivity contribution is 9.10. The zero-order chi connectivity index (χ0) is 14.5. The second-order valence-corrected chi connectivity index (χ2v) is 6.28. The number of nitrogens with one attached hydrogen (secondary N) is 1. The molecule has 0 radical (unpaired) electrons. The van der Waals surface area contributed by atoms with Crippen LogP contribution in [0.2, 0.25) is 0 Å². The zero-order valence-corrected chi connectivity index (χ0v) is 13.6. The molecule has 0 atom stereocenters. The number of benzene rings is 1. The fourth-order valence-corrected chi connectivity index (χ4v) is 3.17. The standard InChI is InChI=1S/C17H20BrN3/c18-16-6-2-1-5-14(16)13-20-15-8-11-21(12-9-15)17-7-3-4-10-19-17/h1-7,10,15,20H,8-9,11-13H2. The van der Waals surface area contributed by atoms with Crippen molar-refractivity contribution in [1.29, 1.82) is 0 Å². The van der Waals surface area contributed by atoms with Gasteiger partial charge in [0.2, 0.25) is 0 Å². The third-order valence-electron chi connectivity index (χ3n) is 4.01. The summed E-state index contributed by atoms with van der Waals surface area (Å²) in [5.41, 5.74) is 1.32. The average Bonchev–Trinajstić information content (AvgIpc) is 2.55. The first-order valence-corrected chi connectivity index (χ1v) is 8.25. The number of halogens is 1. The van der Waals surface area contributed by atoms with Crippen molar-refractivity contribution in [3.05, 3.63) is 58.7 Å². The van der Waals surface area contributed by atoms with Crippen LogP contribution in [0.1, 0.15) is 18.4 Å². The van der Waals surface area contributed by atoms with E-state index in [1.54, 1.807) is 0 Å². The molecule has 3 nitrogen and oxygen atoms in total. The van der Waals surface area contributed by atoms with Gasteiger partial charge >= 0.3 is 0 Å². The molecule has 2 aromatic rings. The summed E-state index contributed by atoms with van der Waals surface area (Å²) >= 11 is 3.60. The Bertz CT molecular complexity index is 565. The smallest absolute Gasteiger partial charge is 0.128 e. The number of anilines is 1. The lowest BCUT2D eigenvalue weighted by Gasteiger charge is -2.33. The zero-order valence-electron chi connectivity index (χ0n) is 12.0. The molecular formula is C17H20BrN3. The predicted molar refractivity (Wildman–Crippen MR) is 90.5 cm³/mol. The molecule has 1 aliphatic rings. The van der Waals surface area contributed by atoms with Crippen LogP contribution in [-0.4, -0.2) is 24.1 Å². The molecule has 0 aliphatic carbocycles. The summed E-state index contributed by atoms with van der Waals surface area (Å²) in [4.78, 5) is 6.80. The second-order valence-electron chi connectivity index (χ2n) is 5.42. The highest BCUT2D eigenvalue weighted by atomic mass is 79.9. The number of pyridine rings is 1. The third-order valence-corrected chi connectivity index (χ3v) is 4.78. The Morgan fingerprint density at radius 1 is 1.10 bits per heavy atom. The second kappa shape index (κ2) is 7.05. The van der Waals surface area contributed by atoms with Crippen molar-refractivity contribution >= 4 is 21.7 Å². The maximum absolute atomic E-state index is 4.43. The van der Waals surface area contributed by atoms with Gasteiger partial charge in [-0.3, -0.25) is 0 Å². The van der Waals surface area contributed by atoms with Crippen molar-refractivity contribution in [2.75, 3.05) is 18.0 Å². The van der Waals surface area contributed by atoms with E-state index in [9.17, 15) is 0 Å². The van der Waals surface area contributed by atoms with Gasteiger partial charge in [-0.05, 0) is 36.6 Å². The summed E-state index contributed by atoms with van der Waals surface area (Å²) in [7, 11) is 0. The maximum Gasteiger partial charge on any atom is 0.128 e. The van der Waals surface area contributed by atoms with Gasteiger partial charge in [-0.1, -0.05) is 40.2 Å². The van der Waals surface area contributed by atoms with Crippen LogP contribution in [0.5, 0.6) is 0 Å². The van der Waals surface area contributed by atoms with Crippen molar-refractivity contribution < 1.29 is 0 Å². The van der Waals surface area contributed by atoms with Crippen LogP contribution in [0.4, 0.5) is 5.82 Å². The third kappa shape index (κ3) is 3.83. The minimum Gasteiger partial charge on any atom is -0.357 e. The quantitative estimate of drug-likeness (QED) is 0.917. The van der Waals surface area contributed by atoms with E-state index in [-0.39, 0.29) is 0 Å². The Hall–Kier alpha value is -1.39. The molecule has 3 rings (SSSR count). The highest BCUT2D eigenvalue weighted by Crippen LogP contribution is 2.19. The van der Waals surface area contributed by atoms with Gasteiger partial charge in [0.05, 0.1) is 0 Å². The highest BCUT2D eigenvalue weighted by Gasteiger charge is 2.19. The van der Waals surface area contributed by atoms with Crippen LogP contribution >= 0.6 is 15.9 Å². The molecule has 1 fully saturated rings. The minimum atomic E-state index is 0.595. The lowest BCUT2D eigenvalue weighted by atomic mass is 10.0. The van der Waals surface area contributed by atoms with E-state index in [0.717, 1.165) is 25.5 Å². The van der Waals surface area contributed by atoms with Crippen LogP contribution in [-0.2, 0) is 6.54 Å². The largest absolute Gasteiger partial charge is 0.357 e. The first-order valence-electron chi connectivity index (χ1n) is 7.46. The van der Waals surface area contributed by atoms with Crippen molar-refractivity contribution in [3.63, 3.8) is 0 Å². The van der Waals surface area contributed by atoms with E-state index >= 15 is 0 Å². The lowest BCUT2D eigenvalue weighted by Crippen LogP contribution is -2.42. The molecule has 1 N–H and O–H groups in total. The van der Waals surface area contributed by atoms with Crippen molar-refractivity contribution in [2.24, 2.45) is 0 Å². The van der Waals surface area contributed by atoms with Crippen molar-refractivity contribution in [1.82, 2.24) is 10.3 Å². The van der Waals surface area contributed by atoms with E-state index in [1.165, 1.54) is 22.9 Å². The van der Waals surface area contributed by atoms with E-state index in [0.29, 0.717) is 6.04 Å². The summed E-state index contributed by atoms with van der Waals surface area (Å²) in [6, 6.07) is 15.1. The molecule has 1 aromatic carbocycles.